The van der Waals surface area contributed by atoms with E-state index in [1.54, 1.807) is 0 Å². The zero-order valence-electron chi connectivity index (χ0n) is 18.2. The van der Waals surface area contributed by atoms with Gasteiger partial charge in [0.25, 0.3) is 0 Å². The molecule has 0 saturated carbocycles. The standard InChI is InChI=1S/C22H38N4O2.HI/c1-18(2)6-4-7-19(3)25-22(23)24-17-20-8-5-9-21(16-20)28-15-12-26-10-13-27-14-11-26;/h5,8-9,16,18-19H,4,6-7,10-15,17H2,1-3H3,(H3,23,24,25);1H. The molecule has 0 spiro atoms. The van der Waals surface area contributed by atoms with Gasteiger partial charge in [0.2, 0.25) is 0 Å². The molecule has 1 heterocycles. The molecular weight excluding hydrogens is 479 g/mol. The highest BCUT2D eigenvalue weighted by Crippen LogP contribution is 2.14. The van der Waals surface area contributed by atoms with Crippen molar-refractivity contribution in [3.63, 3.8) is 0 Å². The van der Waals surface area contributed by atoms with Gasteiger partial charge in [0, 0.05) is 25.7 Å². The predicted molar refractivity (Wildman–Crippen MR) is 131 cm³/mol. The number of nitrogens with one attached hydrogen (secondary N) is 1. The number of benzene rings is 1. The van der Waals surface area contributed by atoms with Crippen LogP contribution in [0.4, 0.5) is 0 Å². The highest BCUT2D eigenvalue weighted by Gasteiger charge is 2.10. The van der Waals surface area contributed by atoms with Crippen LogP contribution in [0.25, 0.3) is 0 Å². The van der Waals surface area contributed by atoms with Gasteiger partial charge in [-0.3, -0.25) is 4.90 Å². The fourth-order valence-corrected chi connectivity index (χ4v) is 3.23. The van der Waals surface area contributed by atoms with Crippen LogP contribution in [0.5, 0.6) is 5.75 Å². The maximum atomic E-state index is 6.05. The maximum absolute atomic E-state index is 6.05. The summed E-state index contributed by atoms with van der Waals surface area (Å²) in [7, 11) is 0. The van der Waals surface area contributed by atoms with Gasteiger partial charge in [-0.05, 0) is 37.0 Å². The van der Waals surface area contributed by atoms with Crippen LogP contribution in [0.3, 0.4) is 0 Å². The third-order valence-electron chi connectivity index (χ3n) is 4.92. The van der Waals surface area contributed by atoms with E-state index in [2.05, 4.69) is 42.0 Å². The molecule has 0 amide bonds. The fraction of sp³-hybridized carbons (Fsp3) is 0.682. The van der Waals surface area contributed by atoms with E-state index in [4.69, 9.17) is 15.2 Å². The Labute approximate surface area is 193 Å². The van der Waals surface area contributed by atoms with Crippen molar-refractivity contribution in [2.24, 2.45) is 16.6 Å². The van der Waals surface area contributed by atoms with Crippen LogP contribution in [0.15, 0.2) is 29.3 Å². The number of morpholine rings is 1. The summed E-state index contributed by atoms with van der Waals surface area (Å²) in [6.07, 6.45) is 3.57. The van der Waals surface area contributed by atoms with E-state index >= 15 is 0 Å². The molecule has 1 aromatic rings. The second-order valence-corrected chi connectivity index (χ2v) is 8.02. The Morgan fingerprint density at radius 1 is 1.24 bits per heavy atom. The van der Waals surface area contributed by atoms with Crippen molar-refractivity contribution in [1.82, 2.24) is 10.2 Å². The van der Waals surface area contributed by atoms with Gasteiger partial charge < -0.3 is 20.5 Å². The van der Waals surface area contributed by atoms with E-state index < -0.39 is 0 Å². The van der Waals surface area contributed by atoms with Crippen LogP contribution < -0.4 is 15.8 Å². The van der Waals surface area contributed by atoms with Gasteiger partial charge in [-0.2, -0.15) is 0 Å². The zero-order valence-corrected chi connectivity index (χ0v) is 20.6. The van der Waals surface area contributed by atoms with Gasteiger partial charge in [-0.15, -0.1) is 24.0 Å². The first-order chi connectivity index (χ1) is 13.5. The minimum absolute atomic E-state index is 0. The Morgan fingerprint density at radius 2 is 2.00 bits per heavy atom. The Balaban J connectivity index is 0.00000420. The summed E-state index contributed by atoms with van der Waals surface area (Å²) >= 11 is 0. The minimum Gasteiger partial charge on any atom is -0.492 e. The monoisotopic (exact) mass is 518 g/mol. The Bertz CT molecular complexity index is 592. The van der Waals surface area contributed by atoms with Gasteiger partial charge in [0.05, 0.1) is 19.8 Å². The van der Waals surface area contributed by atoms with Gasteiger partial charge in [0.1, 0.15) is 12.4 Å². The van der Waals surface area contributed by atoms with Gasteiger partial charge in [-0.25, -0.2) is 4.99 Å². The SMILES string of the molecule is CC(C)CCCC(C)NC(N)=NCc1cccc(OCCN2CCOCC2)c1.I. The third kappa shape index (κ3) is 11.6. The van der Waals surface area contributed by atoms with E-state index in [0.717, 1.165) is 56.5 Å². The number of ether oxygens (including phenoxy) is 2. The Hall–Kier alpha value is -1.06. The Kier molecular flexibility index (Phi) is 13.3. The van der Waals surface area contributed by atoms with Crippen LogP contribution >= 0.6 is 24.0 Å². The van der Waals surface area contributed by atoms with E-state index in [1.807, 2.05) is 18.2 Å². The summed E-state index contributed by atoms with van der Waals surface area (Å²) in [6, 6.07) is 8.44. The number of guanidine groups is 1. The molecule has 0 bridgehead atoms. The molecule has 0 radical (unpaired) electrons. The number of halogens is 1. The first kappa shape index (κ1) is 26.0. The van der Waals surface area contributed by atoms with Crippen molar-refractivity contribution in [3.05, 3.63) is 29.8 Å². The van der Waals surface area contributed by atoms with Crippen molar-refractivity contribution in [2.75, 3.05) is 39.5 Å². The summed E-state index contributed by atoms with van der Waals surface area (Å²) in [5.41, 5.74) is 7.14. The van der Waals surface area contributed by atoms with Crippen molar-refractivity contribution >= 4 is 29.9 Å². The summed E-state index contributed by atoms with van der Waals surface area (Å²) in [6.45, 7) is 12.5. The third-order valence-corrected chi connectivity index (χ3v) is 4.92. The molecule has 29 heavy (non-hydrogen) atoms. The summed E-state index contributed by atoms with van der Waals surface area (Å²) in [5, 5.41) is 3.29. The number of hydrogen-bond donors (Lipinski definition) is 2. The van der Waals surface area contributed by atoms with Crippen molar-refractivity contribution in [1.29, 1.82) is 0 Å². The summed E-state index contributed by atoms with van der Waals surface area (Å²) in [4.78, 5) is 6.85. The van der Waals surface area contributed by atoms with Gasteiger partial charge in [-0.1, -0.05) is 38.8 Å². The van der Waals surface area contributed by atoms with Crippen LogP contribution in [0, 0.1) is 5.92 Å². The average Bonchev–Trinajstić information content (AvgIpc) is 2.67. The molecule has 6 nitrogen and oxygen atoms in total. The molecule has 1 saturated heterocycles. The van der Waals surface area contributed by atoms with Crippen LogP contribution in [0.1, 0.15) is 45.6 Å². The molecular formula is C22H39IN4O2. The van der Waals surface area contributed by atoms with E-state index in [-0.39, 0.29) is 24.0 Å². The van der Waals surface area contributed by atoms with Crippen molar-refractivity contribution in [2.45, 2.75) is 52.6 Å². The second-order valence-electron chi connectivity index (χ2n) is 8.02. The van der Waals surface area contributed by atoms with Crippen LogP contribution in [-0.2, 0) is 11.3 Å². The molecule has 1 unspecified atom stereocenters. The Morgan fingerprint density at radius 3 is 2.72 bits per heavy atom. The molecule has 1 aliphatic heterocycles. The molecule has 3 N–H and O–H groups in total. The molecule has 1 atom stereocenters. The molecule has 7 heteroatoms. The molecule has 0 aliphatic carbocycles. The normalized spacial score (nSPS) is 16.3. The van der Waals surface area contributed by atoms with Crippen molar-refractivity contribution in [3.8, 4) is 5.75 Å². The van der Waals surface area contributed by atoms with Crippen LogP contribution in [0.2, 0.25) is 0 Å². The number of rotatable bonds is 11. The lowest BCUT2D eigenvalue weighted by Crippen LogP contribution is -2.38. The lowest BCUT2D eigenvalue weighted by Gasteiger charge is -2.26. The predicted octanol–water partition coefficient (Wildman–Crippen LogP) is 3.63. The van der Waals surface area contributed by atoms with E-state index in [1.165, 1.54) is 12.8 Å². The lowest BCUT2D eigenvalue weighted by molar-refractivity contribution is 0.0322. The number of nitrogens with zero attached hydrogens (tertiary/aromatic N) is 2. The average molecular weight is 518 g/mol. The van der Waals surface area contributed by atoms with Crippen LogP contribution in [-0.4, -0.2) is 56.4 Å². The van der Waals surface area contributed by atoms with E-state index in [9.17, 15) is 0 Å². The summed E-state index contributed by atoms with van der Waals surface area (Å²) in [5.74, 6) is 2.15. The molecule has 1 fully saturated rings. The number of nitrogens with two attached hydrogens (primary N) is 1. The number of aliphatic imine (C=N–C) groups is 1. The first-order valence-electron chi connectivity index (χ1n) is 10.6. The minimum atomic E-state index is 0. The van der Waals surface area contributed by atoms with Crippen molar-refractivity contribution < 1.29 is 9.47 Å². The largest absolute Gasteiger partial charge is 0.492 e. The van der Waals surface area contributed by atoms with Gasteiger partial charge >= 0.3 is 0 Å². The molecule has 1 aliphatic rings. The molecule has 2 rings (SSSR count). The van der Waals surface area contributed by atoms with E-state index in [0.29, 0.717) is 25.2 Å². The highest BCUT2D eigenvalue weighted by atomic mass is 127. The lowest BCUT2D eigenvalue weighted by atomic mass is 10.0. The topological polar surface area (TPSA) is 72.1 Å². The second kappa shape index (κ2) is 14.8. The molecule has 1 aromatic carbocycles. The maximum Gasteiger partial charge on any atom is 0.189 e. The smallest absolute Gasteiger partial charge is 0.189 e. The molecule has 0 aromatic heterocycles. The first-order valence-corrected chi connectivity index (χ1v) is 10.6. The summed E-state index contributed by atoms with van der Waals surface area (Å²) < 4.78 is 11.3. The molecule has 166 valence electrons. The van der Waals surface area contributed by atoms with Gasteiger partial charge in [0.15, 0.2) is 5.96 Å². The highest BCUT2D eigenvalue weighted by molar-refractivity contribution is 14.0. The fourth-order valence-electron chi connectivity index (χ4n) is 3.23. The number of hydrogen-bond acceptors (Lipinski definition) is 4. The quantitative estimate of drug-likeness (QED) is 0.266. The zero-order chi connectivity index (χ0) is 20.2.